The quantitative estimate of drug-likeness (QED) is 0.759. The minimum Gasteiger partial charge on any atom is -0.444 e. The molecular formula is C23H37N3O3. The van der Waals surface area contributed by atoms with E-state index in [1.54, 1.807) is 11.9 Å². The molecule has 3 amide bonds. The fraction of sp³-hybridized carbons (Fsp3) is 0.652. The van der Waals surface area contributed by atoms with Crippen LogP contribution in [0.25, 0.3) is 0 Å². The average molecular weight is 404 g/mol. The molecule has 29 heavy (non-hydrogen) atoms. The van der Waals surface area contributed by atoms with Gasteiger partial charge in [0.1, 0.15) is 5.60 Å². The maximum absolute atomic E-state index is 13.0. The van der Waals surface area contributed by atoms with E-state index >= 15 is 0 Å². The van der Waals surface area contributed by atoms with Crippen molar-refractivity contribution < 1.29 is 14.3 Å². The molecular weight excluding hydrogens is 366 g/mol. The second kappa shape index (κ2) is 9.99. The molecule has 6 nitrogen and oxygen atoms in total. The number of hydrogen-bond acceptors (Lipinski definition) is 3. The van der Waals surface area contributed by atoms with E-state index in [-0.39, 0.29) is 18.0 Å². The number of likely N-dealkylation sites (tertiary alicyclic amines) is 1. The van der Waals surface area contributed by atoms with Gasteiger partial charge < -0.3 is 19.9 Å². The molecule has 1 heterocycles. The van der Waals surface area contributed by atoms with E-state index in [4.69, 9.17) is 4.74 Å². The van der Waals surface area contributed by atoms with Crippen molar-refractivity contribution in [2.24, 2.45) is 5.92 Å². The summed E-state index contributed by atoms with van der Waals surface area (Å²) >= 11 is 0. The van der Waals surface area contributed by atoms with Crippen molar-refractivity contribution in [1.82, 2.24) is 9.80 Å². The van der Waals surface area contributed by atoms with Gasteiger partial charge in [-0.1, -0.05) is 32.0 Å². The highest BCUT2D eigenvalue weighted by Crippen LogP contribution is 2.24. The molecule has 1 saturated heterocycles. The Kier molecular flexibility index (Phi) is 7.94. The summed E-state index contributed by atoms with van der Waals surface area (Å²) in [7, 11) is 1.76. The molecule has 162 valence electrons. The number of para-hydroxylation sites is 1. The molecule has 0 radical (unpaired) electrons. The second-order valence-corrected chi connectivity index (χ2v) is 8.90. The molecule has 1 aromatic rings. The molecule has 0 saturated carbocycles. The Bertz CT molecular complexity index is 690. The number of rotatable bonds is 5. The largest absolute Gasteiger partial charge is 0.444 e. The van der Waals surface area contributed by atoms with Crippen LogP contribution < -0.4 is 5.32 Å². The van der Waals surface area contributed by atoms with Crippen LogP contribution in [-0.4, -0.2) is 54.2 Å². The average Bonchev–Trinajstić information content (AvgIpc) is 2.66. The Hall–Kier alpha value is -2.24. The number of anilines is 1. The second-order valence-electron chi connectivity index (χ2n) is 8.90. The van der Waals surface area contributed by atoms with Gasteiger partial charge in [-0.25, -0.2) is 9.59 Å². The van der Waals surface area contributed by atoms with E-state index in [9.17, 15) is 9.59 Å². The van der Waals surface area contributed by atoms with E-state index in [0.29, 0.717) is 13.1 Å². The number of piperidine rings is 1. The number of urea groups is 1. The smallest absolute Gasteiger partial charge is 0.410 e. The molecule has 1 atom stereocenters. The van der Waals surface area contributed by atoms with E-state index in [0.717, 1.165) is 49.0 Å². The van der Waals surface area contributed by atoms with Gasteiger partial charge in [0.05, 0.1) is 0 Å². The number of nitrogens with zero attached hydrogens (tertiary/aromatic N) is 2. The summed E-state index contributed by atoms with van der Waals surface area (Å²) in [6, 6.07) is 6.15. The number of carbonyl (C=O) groups excluding carboxylic acids is 2. The molecule has 6 heteroatoms. The summed E-state index contributed by atoms with van der Waals surface area (Å²) in [5, 5.41) is 3.16. The van der Waals surface area contributed by atoms with E-state index in [1.807, 2.05) is 25.7 Å². The van der Waals surface area contributed by atoms with Gasteiger partial charge in [-0.05, 0) is 63.5 Å². The van der Waals surface area contributed by atoms with Gasteiger partial charge in [0, 0.05) is 32.4 Å². The molecule has 0 aliphatic carbocycles. The molecule has 2 rings (SSSR count). The van der Waals surface area contributed by atoms with Gasteiger partial charge in [0.25, 0.3) is 0 Å². The molecule has 0 aromatic heterocycles. The predicted octanol–water partition coefficient (Wildman–Crippen LogP) is 4.92. The first-order valence-corrected chi connectivity index (χ1v) is 10.7. The Morgan fingerprint density at radius 2 is 1.83 bits per heavy atom. The van der Waals surface area contributed by atoms with E-state index in [1.165, 1.54) is 0 Å². The topological polar surface area (TPSA) is 61.9 Å². The minimum absolute atomic E-state index is 0.0507. The highest BCUT2D eigenvalue weighted by Gasteiger charge is 2.28. The summed E-state index contributed by atoms with van der Waals surface area (Å²) in [6.07, 6.45) is 3.39. The Morgan fingerprint density at radius 1 is 1.21 bits per heavy atom. The van der Waals surface area contributed by atoms with Crippen LogP contribution in [0.3, 0.4) is 0 Å². The number of hydrogen-bond donors (Lipinski definition) is 1. The summed E-state index contributed by atoms with van der Waals surface area (Å²) in [5.41, 5.74) is 2.77. The molecule has 1 aromatic carbocycles. The molecule has 0 bridgehead atoms. The molecule has 0 spiro atoms. The molecule has 1 N–H and O–H groups in total. The van der Waals surface area contributed by atoms with Gasteiger partial charge in [0.2, 0.25) is 0 Å². The molecule has 1 aliphatic heterocycles. The number of benzene rings is 1. The predicted molar refractivity (Wildman–Crippen MR) is 117 cm³/mol. The molecule has 1 fully saturated rings. The van der Waals surface area contributed by atoms with E-state index in [2.05, 4.69) is 37.4 Å². The molecule has 1 aliphatic rings. The molecule has 1 unspecified atom stereocenters. The zero-order chi connectivity index (χ0) is 21.6. The van der Waals surface area contributed by atoms with Crippen molar-refractivity contribution >= 4 is 17.8 Å². The Morgan fingerprint density at radius 3 is 2.38 bits per heavy atom. The lowest BCUT2D eigenvalue weighted by Gasteiger charge is -2.35. The van der Waals surface area contributed by atoms with Crippen molar-refractivity contribution in [3.63, 3.8) is 0 Å². The van der Waals surface area contributed by atoms with Gasteiger partial charge in [-0.15, -0.1) is 0 Å². The fourth-order valence-electron chi connectivity index (χ4n) is 3.79. The highest BCUT2D eigenvalue weighted by molar-refractivity contribution is 5.91. The fourth-order valence-corrected chi connectivity index (χ4v) is 3.79. The zero-order valence-corrected chi connectivity index (χ0v) is 18.9. The number of ether oxygens (including phenoxy) is 1. The SMILES string of the molecule is CCc1cccc(CC)c1NC(=O)N1CCCC(CN(C)C(=O)OC(C)(C)C)C1. The van der Waals surface area contributed by atoms with Gasteiger partial charge >= 0.3 is 12.1 Å². The van der Waals surface area contributed by atoms with Gasteiger partial charge in [-0.2, -0.15) is 0 Å². The van der Waals surface area contributed by atoms with Crippen molar-refractivity contribution in [3.05, 3.63) is 29.3 Å². The van der Waals surface area contributed by atoms with Crippen molar-refractivity contribution in [2.75, 3.05) is 32.0 Å². The van der Waals surface area contributed by atoms with Crippen LogP contribution in [0.15, 0.2) is 18.2 Å². The first-order valence-electron chi connectivity index (χ1n) is 10.7. The van der Waals surface area contributed by atoms with Crippen molar-refractivity contribution in [2.45, 2.75) is 65.9 Å². The first kappa shape index (κ1) is 23.0. The maximum Gasteiger partial charge on any atom is 0.410 e. The zero-order valence-electron chi connectivity index (χ0n) is 18.9. The van der Waals surface area contributed by atoms with Crippen molar-refractivity contribution in [1.29, 1.82) is 0 Å². The van der Waals surface area contributed by atoms with Crippen LogP contribution in [0.2, 0.25) is 0 Å². The normalized spacial score (nSPS) is 17.0. The lowest BCUT2D eigenvalue weighted by molar-refractivity contribution is 0.0253. The first-order chi connectivity index (χ1) is 13.6. The third kappa shape index (κ3) is 6.65. The van der Waals surface area contributed by atoms with Crippen LogP contribution in [-0.2, 0) is 17.6 Å². The summed E-state index contributed by atoms with van der Waals surface area (Å²) < 4.78 is 5.44. The third-order valence-electron chi connectivity index (χ3n) is 5.27. The number of carbonyl (C=O) groups is 2. The minimum atomic E-state index is -0.506. The van der Waals surface area contributed by atoms with Crippen LogP contribution >= 0.6 is 0 Å². The number of aryl methyl sites for hydroxylation is 2. The monoisotopic (exact) mass is 403 g/mol. The van der Waals surface area contributed by atoms with Crippen LogP contribution in [0.5, 0.6) is 0 Å². The van der Waals surface area contributed by atoms with Gasteiger partial charge in [-0.3, -0.25) is 0 Å². The standard InChI is InChI=1S/C23H37N3O3/c1-7-18-12-9-13-19(8-2)20(18)24-21(27)26-14-10-11-17(16-26)15-25(6)22(28)29-23(3,4)5/h9,12-13,17H,7-8,10-11,14-16H2,1-6H3,(H,24,27). The van der Waals surface area contributed by atoms with Crippen molar-refractivity contribution in [3.8, 4) is 0 Å². The van der Waals surface area contributed by atoms with Crippen LogP contribution in [0.4, 0.5) is 15.3 Å². The lowest BCUT2D eigenvalue weighted by atomic mass is 9.97. The summed E-state index contributed by atoms with van der Waals surface area (Å²) in [6.45, 7) is 11.8. The number of amides is 3. The Balaban J connectivity index is 1.99. The summed E-state index contributed by atoms with van der Waals surface area (Å²) in [4.78, 5) is 28.7. The maximum atomic E-state index is 13.0. The number of nitrogens with one attached hydrogen (secondary N) is 1. The van der Waals surface area contributed by atoms with Crippen LogP contribution in [0, 0.1) is 5.92 Å². The van der Waals surface area contributed by atoms with E-state index < -0.39 is 5.60 Å². The summed E-state index contributed by atoms with van der Waals surface area (Å²) in [5.74, 6) is 0.249. The van der Waals surface area contributed by atoms with Gasteiger partial charge in [0.15, 0.2) is 0 Å². The lowest BCUT2D eigenvalue weighted by Crippen LogP contribution is -2.46. The van der Waals surface area contributed by atoms with Crippen LogP contribution in [0.1, 0.15) is 58.6 Å². The Labute approximate surface area is 175 Å². The highest BCUT2D eigenvalue weighted by atomic mass is 16.6. The third-order valence-corrected chi connectivity index (χ3v) is 5.27.